The van der Waals surface area contributed by atoms with Crippen molar-refractivity contribution in [2.24, 2.45) is 63.7 Å². The summed E-state index contributed by atoms with van der Waals surface area (Å²) in [5.41, 5.74) is 24.9. The molecule has 0 bridgehead atoms. The lowest BCUT2D eigenvalue weighted by molar-refractivity contribution is -0.0782. The van der Waals surface area contributed by atoms with Crippen molar-refractivity contribution in [1.82, 2.24) is 0 Å². The van der Waals surface area contributed by atoms with Crippen LogP contribution in [0.1, 0.15) is 113 Å². The first-order chi connectivity index (χ1) is 20.4. The molecule has 0 aliphatic heterocycles. The van der Waals surface area contributed by atoms with Gasteiger partial charge in [-0.25, -0.2) is 0 Å². The number of hydrogen-bond donors (Lipinski definition) is 4. The smallest absolute Gasteiger partial charge is 0.142 e. The van der Waals surface area contributed by atoms with Gasteiger partial charge in [-0.3, -0.25) is 0 Å². The number of anilines is 2. The second-order valence-corrected chi connectivity index (χ2v) is 15.2. The molecule has 5 heteroatoms. The second-order valence-electron chi connectivity index (χ2n) is 15.2. The molecule has 9 unspecified atom stereocenters. The highest BCUT2D eigenvalue weighted by atomic mass is 16.5. The Labute approximate surface area is 264 Å². The van der Waals surface area contributed by atoms with E-state index < -0.39 is 0 Å². The quantitative estimate of drug-likeness (QED) is 0.186. The molecule has 0 spiro atoms. The Balaban J connectivity index is 0.000000657. The average molecular weight is 595 g/mol. The fourth-order valence-electron chi connectivity index (χ4n) is 9.57. The summed E-state index contributed by atoms with van der Waals surface area (Å²) in [6.07, 6.45) is 20.9. The van der Waals surface area contributed by atoms with E-state index >= 15 is 0 Å². The van der Waals surface area contributed by atoms with Crippen molar-refractivity contribution >= 4 is 11.4 Å². The molecular formula is C38H66N4O. The maximum absolute atomic E-state index is 6.43. The van der Waals surface area contributed by atoms with E-state index in [1.165, 1.54) is 58.4 Å². The summed E-state index contributed by atoms with van der Waals surface area (Å²) < 4.78 is 6.43. The Kier molecular flexibility index (Phi) is 12.5. The van der Waals surface area contributed by atoms with Crippen LogP contribution >= 0.6 is 0 Å². The molecule has 9 atom stereocenters. The van der Waals surface area contributed by atoms with Gasteiger partial charge in [0.25, 0.3) is 0 Å². The van der Waals surface area contributed by atoms with Crippen molar-refractivity contribution in [2.75, 3.05) is 18.5 Å². The normalized spacial score (nSPS) is 35.3. The topological polar surface area (TPSA) is 113 Å². The summed E-state index contributed by atoms with van der Waals surface area (Å²) in [6.45, 7) is 16.4. The number of rotatable bonds is 7. The maximum atomic E-state index is 6.43. The standard InChI is InChI=1S/C33H52N2O.C4H9N.CH5N/c1-21(2)7-6-8-22(3)27-12-13-28-26-11-9-23-19-25(36-31-14-10-24(34)20-30(31)35)15-17-32(23,4)29(26)16-18-33(27,28)5;1-3-4(2)5;1-2/h9-11,14,20-23,25-29H,6-8,12-13,15-19,34-35H2,1-5H3;3H,5H2,1-2H3;2H2,1H3/b;4-3+;. The van der Waals surface area contributed by atoms with E-state index in [0.717, 1.165) is 59.8 Å². The van der Waals surface area contributed by atoms with E-state index in [0.29, 0.717) is 28.1 Å². The van der Waals surface area contributed by atoms with Gasteiger partial charge >= 0.3 is 0 Å². The van der Waals surface area contributed by atoms with E-state index in [4.69, 9.17) is 21.9 Å². The molecule has 0 heterocycles. The first-order valence-corrected chi connectivity index (χ1v) is 17.3. The van der Waals surface area contributed by atoms with Gasteiger partial charge < -0.3 is 27.7 Å². The van der Waals surface area contributed by atoms with Gasteiger partial charge in [0.2, 0.25) is 0 Å². The van der Waals surface area contributed by atoms with Gasteiger partial charge in [0, 0.05) is 11.4 Å². The van der Waals surface area contributed by atoms with Crippen LogP contribution in [0.4, 0.5) is 11.4 Å². The number of hydrogen-bond acceptors (Lipinski definition) is 5. The van der Waals surface area contributed by atoms with E-state index in [1.54, 1.807) is 0 Å². The SMILES string of the molecule is C/C=C(\C)N.CC(C)CCCC(C)C1CCC2C3C=CC4CC(Oc5ccc(N)cc5N)CCC4(C)C3CCC12C.CN. The molecule has 3 fully saturated rings. The molecule has 4 aliphatic rings. The first-order valence-electron chi connectivity index (χ1n) is 17.3. The van der Waals surface area contributed by atoms with E-state index in [9.17, 15) is 0 Å². The van der Waals surface area contributed by atoms with Gasteiger partial charge in [0.05, 0.1) is 11.8 Å². The van der Waals surface area contributed by atoms with Crippen molar-refractivity contribution in [2.45, 2.75) is 119 Å². The van der Waals surface area contributed by atoms with Crippen LogP contribution in [0.3, 0.4) is 0 Å². The van der Waals surface area contributed by atoms with E-state index in [2.05, 4.69) is 52.5 Å². The molecule has 1 aromatic rings. The molecule has 0 amide bonds. The molecule has 0 aromatic heterocycles. The maximum Gasteiger partial charge on any atom is 0.142 e. The molecule has 3 saturated carbocycles. The van der Waals surface area contributed by atoms with Crippen molar-refractivity contribution in [3.63, 3.8) is 0 Å². The molecular weight excluding hydrogens is 528 g/mol. The largest absolute Gasteiger partial charge is 0.488 e. The molecule has 5 rings (SSSR count). The molecule has 8 N–H and O–H groups in total. The number of fused-ring (bicyclic) bond motifs is 5. The van der Waals surface area contributed by atoms with Gasteiger partial charge in [-0.05, 0) is 136 Å². The number of benzene rings is 1. The minimum absolute atomic E-state index is 0.242. The van der Waals surface area contributed by atoms with Gasteiger partial charge in [-0.1, -0.05) is 72.1 Å². The van der Waals surface area contributed by atoms with Gasteiger partial charge in [0.1, 0.15) is 5.75 Å². The minimum Gasteiger partial charge on any atom is -0.488 e. The summed E-state index contributed by atoms with van der Waals surface area (Å²) >= 11 is 0. The highest BCUT2D eigenvalue weighted by Crippen LogP contribution is 2.67. The molecule has 4 aliphatic carbocycles. The van der Waals surface area contributed by atoms with Crippen LogP contribution in [0.15, 0.2) is 42.1 Å². The van der Waals surface area contributed by atoms with Crippen molar-refractivity contribution < 1.29 is 4.74 Å². The Morgan fingerprint density at radius 2 is 1.60 bits per heavy atom. The van der Waals surface area contributed by atoms with Crippen LogP contribution in [-0.2, 0) is 0 Å². The third kappa shape index (κ3) is 7.93. The van der Waals surface area contributed by atoms with E-state index in [-0.39, 0.29) is 6.10 Å². The number of ether oxygens (including phenoxy) is 1. The van der Waals surface area contributed by atoms with E-state index in [1.807, 2.05) is 38.1 Å². The Morgan fingerprint density at radius 3 is 2.23 bits per heavy atom. The number of allylic oxidation sites excluding steroid dienone is 4. The van der Waals surface area contributed by atoms with Crippen LogP contribution in [0.25, 0.3) is 0 Å². The molecule has 1 aromatic carbocycles. The van der Waals surface area contributed by atoms with Crippen LogP contribution in [0.2, 0.25) is 0 Å². The molecule has 0 radical (unpaired) electrons. The van der Waals surface area contributed by atoms with Crippen LogP contribution < -0.4 is 27.7 Å². The second kappa shape index (κ2) is 15.2. The molecule has 43 heavy (non-hydrogen) atoms. The number of nitrogen functional groups attached to an aromatic ring is 2. The molecule has 0 saturated heterocycles. The first kappa shape index (κ1) is 35.3. The van der Waals surface area contributed by atoms with Crippen molar-refractivity contribution in [3.8, 4) is 5.75 Å². The third-order valence-corrected chi connectivity index (χ3v) is 12.1. The predicted octanol–water partition coefficient (Wildman–Crippen LogP) is 8.94. The van der Waals surface area contributed by atoms with Crippen LogP contribution in [-0.4, -0.2) is 13.2 Å². The third-order valence-electron chi connectivity index (χ3n) is 12.1. The summed E-state index contributed by atoms with van der Waals surface area (Å²) in [6, 6.07) is 5.64. The fourth-order valence-corrected chi connectivity index (χ4v) is 9.57. The zero-order chi connectivity index (χ0) is 31.9. The molecule has 5 nitrogen and oxygen atoms in total. The fraction of sp³-hybridized carbons (Fsp3) is 0.737. The predicted molar refractivity (Wildman–Crippen MR) is 186 cm³/mol. The summed E-state index contributed by atoms with van der Waals surface area (Å²) in [7, 11) is 1.50. The lowest BCUT2D eigenvalue weighted by atomic mass is 9.46. The van der Waals surface area contributed by atoms with Crippen LogP contribution in [0, 0.1) is 52.3 Å². The average Bonchev–Trinajstić information content (AvgIpc) is 3.33. The van der Waals surface area contributed by atoms with Crippen LogP contribution in [0.5, 0.6) is 5.75 Å². The highest BCUT2D eigenvalue weighted by Gasteiger charge is 2.59. The number of nitrogens with two attached hydrogens (primary N) is 4. The summed E-state index contributed by atoms with van der Waals surface area (Å²) in [5, 5.41) is 0. The summed E-state index contributed by atoms with van der Waals surface area (Å²) in [5.74, 6) is 6.54. The zero-order valence-corrected chi connectivity index (χ0v) is 28.9. The van der Waals surface area contributed by atoms with Gasteiger partial charge in [-0.2, -0.15) is 0 Å². The Hall–Kier alpha value is -2.14. The van der Waals surface area contributed by atoms with Gasteiger partial charge in [-0.15, -0.1) is 0 Å². The Bertz CT molecular complexity index is 1080. The van der Waals surface area contributed by atoms with Gasteiger partial charge in [0.15, 0.2) is 0 Å². The monoisotopic (exact) mass is 595 g/mol. The minimum atomic E-state index is 0.242. The lowest BCUT2D eigenvalue weighted by Gasteiger charge is -2.59. The lowest BCUT2D eigenvalue weighted by Crippen LogP contribution is -2.52. The van der Waals surface area contributed by atoms with Crippen molar-refractivity contribution in [1.29, 1.82) is 0 Å². The summed E-state index contributed by atoms with van der Waals surface area (Å²) in [4.78, 5) is 0. The van der Waals surface area contributed by atoms with Crippen molar-refractivity contribution in [3.05, 3.63) is 42.1 Å². The molecule has 244 valence electrons. The zero-order valence-electron chi connectivity index (χ0n) is 28.9. The highest BCUT2D eigenvalue weighted by molar-refractivity contribution is 5.60. The Morgan fingerprint density at radius 1 is 0.953 bits per heavy atom.